The number of rotatable bonds is 6. The number of nitriles is 1. The number of pyridine rings is 1. The Labute approximate surface area is 187 Å². The number of aromatic nitrogens is 4. The second kappa shape index (κ2) is 9.32. The molecule has 0 atom stereocenters. The van der Waals surface area contributed by atoms with E-state index >= 15 is 0 Å². The Bertz CT molecular complexity index is 1170. The number of carbonyl (C=O) groups is 1. The van der Waals surface area contributed by atoms with Crippen LogP contribution in [0.3, 0.4) is 0 Å². The molecule has 1 aliphatic heterocycles. The van der Waals surface area contributed by atoms with Crippen molar-refractivity contribution in [2.45, 2.75) is 33.2 Å². The lowest BCUT2D eigenvalue weighted by molar-refractivity contribution is -0.121. The van der Waals surface area contributed by atoms with Gasteiger partial charge in [-0.05, 0) is 38.9 Å². The number of carbonyl (C=O) groups excluding carboxylic acids is 1. The van der Waals surface area contributed by atoms with Gasteiger partial charge in [0.15, 0.2) is 5.65 Å². The number of amides is 1. The predicted molar refractivity (Wildman–Crippen MR) is 121 cm³/mol. The van der Waals surface area contributed by atoms with Gasteiger partial charge in [0.2, 0.25) is 5.91 Å². The average molecular weight is 433 g/mol. The van der Waals surface area contributed by atoms with Crippen LogP contribution < -0.4 is 10.2 Å². The highest BCUT2D eigenvalue weighted by atomic mass is 16.1. The Morgan fingerprint density at radius 2 is 2.03 bits per heavy atom. The predicted octanol–water partition coefficient (Wildman–Crippen LogP) is 1.61. The molecule has 0 radical (unpaired) electrons. The van der Waals surface area contributed by atoms with Gasteiger partial charge in [-0.2, -0.15) is 10.4 Å². The third-order valence-electron chi connectivity index (χ3n) is 6.08. The highest BCUT2D eigenvalue weighted by Crippen LogP contribution is 2.20. The van der Waals surface area contributed by atoms with Crippen LogP contribution in [0.4, 0.5) is 5.82 Å². The lowest BCUT2D eigenvalue weighted by Crippen LogP contribution is -2.45. The number of hydrogen-bond acceptors (Lipinski definition) is 7. The fraction of sp³-hybridized carbons (Fsp3) is 0.435. The molecule has 0 aromatic carbocycles. The van der Waals surface area contributed by atoms with Crippen molar-refractivity contribution in [2.75, 3.05) is 38.1 Å². The zero-order valence-corrected chi connectivity index (χ0v) is 18.8. The molecule has 0 spiro atoms. The molecule has 0 unspecified atom stereocenters. The second-order valence-corrected chi connectivity index (χ2v) is 8.22. The summed E-state index contributed by atoms with van der Waals surface area (Å²) in [5.41, 5.74) is 4.76. The molecule has 1 saturated heterocycles. The number of nitrogens with one attached hydrogen (secondary N) is 1. The van der Waals surface area contributed by atoms with E-state index in [1.807, 2.05) is 26.0 Å². The van der Waals surface area contributed by atoms with E-state index in [0.717, 1.165) is 54.5 Å². The lowest BCUT2D eigenvalue weighted by atomic mass is 10.1. The number of nitrogens with zero attached hydrogens (tertiary/aromatic N) is 7. The minimum absolute atomic E-state index is 0.0183. The minimum Gasteiger partial charge on any atom is -0.354 e. The number of fused-ring (bicyclic) bond motifs is 1. The van der Waals surface area contributed by atoms with Gasteiger partial charge in [-0.3, -0.25) is 4.79 Å². The van der Waals surface area contributed by atoms with Crippen LogP contribution in [0.2, 0.25) is 0 Å². The van der Waals surface area contributed by atoms with Crippen LogP contribution >= 0.6 is 0 Å². The molecule has 9 nitrogen and oxygen atoms in total. The van der Waals surface area contributed by atoms with E-state index in [4.69, 9.17) is 0 Å². The molecule has 1 aliphatic rings. The van der Waals surface area contributed by atoms with Crippen LogP contribution in [0.15, 0.2) is 24.5 Å². The van der Waals surface area contributed by atoms with E-state index in [-0.39, 0.29) is 5.91 Å². The molecule has 3 aromatic rings. The minimum atomic E-state index is -0.0183. The molecule has 4 heterocycles. The third kappa shape index (κ3) is 4.41. The van der Waals surface area contributed by atoms with Gasteiger partial charge in [0.05, 0.1) is 6.20 Å². The summed E-state index contributed by atoms with van der Waals surface area (Å²) < 4.78 is 1.68. The topological polar surface area (TPSA) is 102 Å². The molecule has 1 fully saturated rings. The van der Waals surface area contributed by atoms with Gasteiger partial charge in [0.1, 0.15) is 17.5 Å². The van der Waals surface area contributed by atoms with Crippen molar-refractivity contribution in [3.8, 4) is 6.07 Å². The summed E-state index contributed by atoms with van der Waals surface area (Å²) in [7, 11) is 2.13. The van der Waals surface area contributed by atoms with Crippen molar-refractivity contribution < 1.29 is 4.79 Å². The van der Waals surface area contributed by atoms with Crippen molar-refractivity contribution >= 4 is 17.4 Å². The van der Waals surface area contributed by atoms with Crippen molar-refractivity contribution in [1.29, 1.82) is 5.26 Å². The van der Waals surface area contributed by atoms with Crippen LogP contribution in [-0.2, 0) is 17.8 Å². The maximum absolute atomic E-state index is 12.6. The third-order valence-corrected chi connectivity index (χ3v) is 6.08. The van der Waals surface area contributed by atoms with E-state index in [9.17, 15) is 10.1 Å². The molecule has 4 rings (SSSR count). The standard InChI is InChI=1S/C23H28N8O/c1-16-20(17(2)31-23(28-16)19(13-24)15-27-31)6-7-21(32)26-14-18-5-4-8-25-22(18)30-11-9-29(3)10-12-30/h4-5,8,15H,6-7,9-12,14H2,1-3H3,(H,26,32). The largest absolute Gasteiger partial charge is 0.354 e. The molecule has 166 valence electrons. The highest BCUT2D eigenvalue weighted by molar-refractivity contribution is 5.76. The van der Waals surface area contributed by atoms with Gasteiger partial charge in [-0.25, -0.2) is 14.5 Å². The van der Waals surface area contributed by atoms with Gasteiger partial charge in [0.25, 0.3) is 0 Å². The van der Waals surface area contributed by atoms with Crippen LogP contribution in [0.1, 0.15) is 34.5 Å². The summed E-state index contributed by atoms with van der Waals surface area (Å²) >= 11 is 0. The van der Waals surface area contributed by atoms with Crippen molar-refractivity contribution in [3.63, 3.8) is 0 Å². The average Bonchev–Trinajstić information content (AvgIpc) is 3.21. The van der Waals surface area contributed by atoms with E-state index < -0.39 is 0 Å². The number of hydrogen-bond donors (Lipinski definition) is 1. The van der Waals surface area contributed by atoms with Gasteiger partial charge in [-0.15, -0.1) is 0 Å². The maximum atomic E-state index is 12.6. The molecule has 0 aliphatic carbocycles. The quantitative estimate of drug-likeness (QED) is 0.631. The molecule has 1 amide bonds. The zero-order chi connectivity index (χ0) is 22.7. The molecular formula is C23H28N8O. The fourth-order valence-electron chi connectivity index (χ4n) is 4.14. The first kappa shape index (κ1) is 21.7. The highest BCUT2D eigenvalue weighted by Gasteiger charge is 2.19. The Morgan fingerprint density at radius 1 is 1.25 bits per heavy atom. The maximum Gasteiger partial charge on any atom is 0.220 e. The molecule has 3 aromatic heterocycles. The zero-order valence-electron chi connectivity index (χ0n) is 18.8. The number of likely N-dealkylation sites (N-methyl/N-ethyl adjacent to an activating group) is 1. The Morgan fingerprint density at radius 3 is 2.78 bits per heavy atom. The first-order valence-electron chi connectivity index (χ1n) is 10.9. The van der Waals surface area contributed by atoms with Gasteiger partial charge >= 0.3 is 0 Å². The summed E-state index contributed by atoms with van der Waals surface area (Å²) in [6.45, 7) is 8.19. The summed E-state index contributed by atoms with van der Waals surface area (Å²) in [5.74, 6) is 0.935. The number of anilines is 1. The van der Waals surface area contributed by atoms with Gasteiger partial charge < -0.3 is 15.1 Å². The number of piperazine rings is 1. The molecular weight excluding hydrogens is 404 g/mol. The van der Waals surface area contributed by atoms with Gasteiger partial charge in [0, 0.05) is 62.3 Å². The van der Waals surface area contributed by atoms with Crippen LogP contribution in [0, 0.1) is 25.2 Å². The fourth-order valence-corrected chi connectivity index (χ4v) is 4.14. The first-order valence-corrected chi connectivity index (χ1v) is 10.9. The Balaban J connectivity index is 1.39. The second-order valence-electron chi connectivity index (χ2n) is 8.22. The number of aryl methyl sites for hydroxylation is 2. The lowest BCUT2D eigenvalue weighted by Gasteiger charge is -2.34. The van der Waals surface area contributed by atoms with Crippen LogP contribution in [-0.4, -0.2) is 63.6 Å². The van der Waals surface area contributed by atoms with E-state index in [2.05, 4.69) is 43.3 Å². The molecule has 32 heavy (non-hydrogen) atoms. The van der Waals surface area contributed by atoms with Crippen LogP contribution in [0.5, 0.6) is 0 Å². The summed E-state index contributed by atoms with van der Waals surface area (Å²) in [4.78, 5) is 26.3. The molecule has 0 bridgehead atoms. The van der Waals surface area contributed by atoms with Crippen molar-refractivity contribution in [3.05, 3.63) is 52.6 Å². The smallest absolute Gasteiger partial charge is 0.220 e. The monoisotopic (exact) mass is 432 g/mol. The summed E-state index contributed by atoms with van der Waals surface area (Å²) in [5, 5.41) is 16.5. The summed E-state index contributed by atoms with van der Waals surface area (Å²) in [6.07, 6.45) is 4.25. The Kier molecular flexibility index (Phi) is 6.32. The van der Waals surface area contributed by atoms with Crippen molar-refractivity contribution in [2.24, 2.45) is 0 Å². The Hall–Kier alpha value is -3.51. The van der Waals surface area contributed by atoms with E-state index in [0.29, 0.717) is 30.6 Å². The molecule has 0 saturated carbocycles. The summed E-state index contributed by atoms with van der Waals surface area (Å²) in [6, 6.07) is 6.05. The van der Waals surface area contributed by atoms with E-state index in [1.54, 1.807) is 10.7 Å². The van der Waals surface area contributed by atoms with E-state index in [1.165, 1.54) is 6.20 Å². The molecule has 9 heteroatoms. The first-order chi connectivity index (χ1) is 15.5. The normalized spacial score (nSPS) is 14.5. The van der Waals surface area contributed by atoms with Crippen LogP contribution in [0.25, 0.3) is 5.65 Å². The molecule has 1 N–H and O–H groups in total. The van der Waals surface area contributed by atoms with Gasteiger partial charge in [-0.1, -0.05) is 6.07 Å². The van der Waals surface area contributed by atoms with Crippen molar-refractivity contribution in [1.82, 2.24) is 29.8 Å². The SMILES string of the molecule is Cc1nc2c(C#N)cnn2c(C)c1CCC(=O)NCc1cccnc1N1CCN(C)CC1.